The molecule has 1 saturated carbocycles. The van der Waals surface area contributed by atoms with Crippen molar-refractivity contribution in [2.45, 2.75) is 51.5 Å². The van der Waals surface area contributed by atoms with E-state index in [1.807, 2.05) is 6.07 Å². The first-order valence-corrected chi connectivity index (χ1v) is 8.53. The van der Waals surface area contributed by atoms with E-state index < -0.39 is 0 Å². The molecule has 20 heavy (non-hydrogen) atoms. The van der Waals surface area contributed by atoms with Crippen molar-refractivity contribution < 1.29 is 4.79 Å². The first-order valence-electron chi connectivity index (χ1n) is 7.74. The third-order valence-electron chi connectivity index (χ3n) is 4.89. The van der Waals surface area contributed by atoms with E-state index >= 15 is 0 Å². The fourth-order valence-electron chi connectivity index (χ4n) is 3.96. The highest BCUT2D eigenvalue weighted by Crippen LogP contribution is 2.39. The largest absolute Gasteiger partial charge is 0.368 e. The number of nitrogens with zero attached hydrogens (tertiary/aromatic N) is 1. The molecule has 108 valence electrons. The predicted octanol–water partition coefficient (Wildman–Crippen LogP) is 4.81. The first kappa shape index (κ1) is 14.1. The van der Waals surface area contributed by atoms with Gasteiger partial charge in [-0.25, -0.2) is 0 Å². The number of benzene rings is 1. The van der Waals surface area contributed by atoms with Gasteiger partial charge in [0, 0.05) is 28.3 Å². The van der Waals surface area contributed by atoms with Crippen molar-refractivity contribution in [3.8, 4) is 0 Å². The molecule has 3 rings (SSSR count). The molecule has 0 amide bonds. The molecule has 3 heteroatoms. The molecule has 1 aromatic rings. The highest BCUT2D eigenvalue weighted by atomic mass is 79.9. The quantitative estimate of drug-likeness (QED) is 0.738. The highest BCUT2D eigenvalue weighted by Gasteiger charge is 2.34. The number of ketones is 1. The van der Waals surface area contributed by atoms with E-state index in [2.05, 4.69) is 33.0 Å². The normalized spacial score (nSPS) is 23.5. The summed E-state index contributed by atoms with van der Waals surface area (Å²) in [6, 6.07) is 6.80. The SMILES string of the molecule is CC(=O)c1cc(Br)ccc1N1CCCC1C1CCCC1. The maximum absolute atomic E-state index is 12.0. The van der Waals surface area contributed by atoms with Gasteiger partial charge in [-0.3, -0.25) is 4.79 Å². The van der Waals surface area contributed by atoms with E-state index in [9.17, 15) is 4.79 Å². The van der Waals surface area contributed by atoms with Crippen LogP contribution in [0.1, 0.15) is 55.8 Å². The molecule has 0 aromatic heterocycles. The van der Waals surface area contributed by atoms with E-state index in [4.69, 9.17) is 0 Å². The Morgan fingerprint density at radius 3 is 2.65 bits per heavy atom. The minimum atomic E-state index is 0.165. The molecule has 2 fully saturated rings. The maximum atomic E-state index is 12.0. The van der Waals surface area contributed by atoms with Crippen LogP contribution in [0.3, 0.4) is 0 Å². The molecule has 1 aliphatic heterocycles. The third kappa shape index (κ3) is 2.65. The summed E-state index contributed by atoms with van der Waals surface area (Å²) >= 11 is 3.48. The second-order valence-corrected chi connectivity index (χ2v) is 7.08. The minimum Gasteiger partial charge on any atom is -0.368 e. The molecule has 0 spiro atoms. The number of rotatable bonds is 3. The third-order valence-corrected chi connectivity index (χ3v) is 5.38. The Kier molecular flexibility index (Phi) is 4.16. The van der Waals surface area contributed by atoms with Gasteiger partial charge in [0.05, 0.1) is 0 Å². The van der Waals surface area contributed by atoms with Gasteiger partial charge in [-0.1, -0.05) is 28.8 Å². The van der Waals surface area contributed by atoms with Gasteiger partial charge in [0.2, 0.25) is 0 Å². The molecular weight excluding hydrogens is 314 g/mol. The van der Waals surface area contributed by atoms with Crippen molar-refractivity contribution in [2.24, 2.45) is 5.92 Å². The van der Waals surface area contributed by atoms with E-state index in [0.29, 0.717) is 6.04 Å². The van der Waals surface area contributed by atoms with Crippen LogP contribution in [-0.4, -0.2) is 18.4 Å². The smallest absolute Gasteiger partial charge is 0.161 e. The number of anilines is 1. The first-order chi connectivity index (χ1) is 9.66. The lowest BCUT2D eigenvalue weighted by atomic mass is 9.95. The van der Waals surface area contributed by atoms with Gasteiger partial charge in [0.1, 0.15) is 0 Å². The van der Waals surface area contributed by atoms with E-state index in [0.717, 1.165) is 28.2 Å². The molecule has 0 radical (unpaired) electrons. The summed E-state index contributed by atoms with van der Waals surface area (Å²) in [6.45, 7) is 2.77. The van der Waals surface area contributed by atoms with Crippen molar-refractivity contribution in [1.29, 1.82) is 0 Å². The fourth-order valence-corrected chi connectivity index (χ4v) is 4.33. The molecule has 1 aliphatic carbocycles. The monoisotopic (exact) mass is 335 g/mol. The van der Waals surface area contributed by atoms with Crippen LogP contribution in [0, 0.1) is 5.92 Å². The number of hydrogen-bond acceptors (Lipinski definition) is 2. The van der Waals surface area contributed by atoms with Gasteiger partial charge < -0.3 is 4.90 Å². The second kappa shape index (κ2) is 5.88. The fraction of sp³-hybridized carbons (Fsp3) is 0.588. The maximum Gasteiger partial charge on any atom is 0.161 e. The van der Waals surface area contributed by atoms with E-state index in [-0.39, 0.29) is 5.78 Å². The Bertz CT molecular complexity index is 508. The summed E-state index contributed by atoms with van der Waals surface area (Å²) in [5.41, 5.74) is 2.01. The van der Waals surface area contributed by atoms with Crippen molar-refractivity contribution in [3.05, 3.63) is 28.2 Å². The Balaban J connectivity index is 1.92. The van der Waals surface area contributed by atoms with Gasteiger partial charge in [-0.15, -0.1) is 0 Å². The zero-order chi connectivity index (χ0) is 14.1. The lowest BCUT2D eigenvalue weighted by Gasteiger charge is -2.32. The van der Waals surface area contributed by atoms with Crippen LogP contribution in [0.2, 0.25) is 0 Å². The summed E-state index contributed by atoms with van der Waals surface area (Å²) < 4.78 is 0.989. The van der Waals surface area contributed by atoms with Crippen molar-refractivity contribution in [3.63, 3.8) is 0 Å². The summed E-state index contributed by atoms with van der Waals surface area (Å²) in [6.07, 6.45) is 8.05. The van der Waals surface area contributed by atoms with Crippen LogP contribution in [0.25, 0.3) is 0 Å². The number of carbonyl (C=O) groups excluding carboxylic acids is 1. The van der Waals surface area contributed by atoms with Crippen LogP contribution in [0.5, 0.6) is 0 Å². The zero-order valence-corrected chi connectivity index (χ0v) is 13.7. The van der Waals surface area contributed by atoms with Gasteiger partial charge in [-0.05, 0) is 56.7 Å². The molecule has 1 saturated heterocycles. The van der Waals surface area contributed by atoms with Gasteiger partial charge >= 0.3 is 0 Å². The molecule has 0 bridgehead atoms. The predicted molar refractivity (Wildman–Crippen MR) is 86.5 cm³/mol. The highest BCUT2D eigenvalue weighted by molar-refractivity contribution is 9.10. The van der Waals surface area contributed by atoms with Gasteiger partial charge in [0.15, 0.2) is 5.78 Å². The lowest BCUT2D eigenvalue weighted by Crippen LogP contribution is -2.35. The molecule has 2 nitrogen and oxygen atoms in total. The topological polar surface area (TPSA) is 20.3 Å². The van der Waals surface area contributed by atoms with Crippen LogP contribution in [0.4, 0.5) is 5.69 Å². The van der Waals surface area contributed by atoms with E-state index in [1.54, 1.807) is 6.92 Å². The van der Waals surface area contributed by atoms with E-state index in [1.165, 1.54) is 38.5 Å². The number of carbonyl (C=O) groups is 1. The summed E-state index contributed by atoms with van der Waals surface area (Å²) in [7, 11) is 0. The summed E-state index contributed by atoms with van der Waals surface area (Å²) in [5, 5.41) is 0. The van der Waals surface area contributed by atoms with Gasteiger partial charge in [0.25, 0.3) is 0 Å². The van der Waals surface area contributed by atoms with Crippen LogP contribution in [-0.2, 0) is 0 Å². The second-order valence-electron chi connectivity index (χ2n) is 6.17. The number of Topliss-reactive ketones (excluding diaryl/α,β-unsaturated/α-hetero) is 1. The zero-order valence-electron chi connectivity index (χ0n) is 12.1. The molecule has 1 aromatic carbocycles. The number of hydrogen-bond donors (Lipinski definition) is 0. The van der Waals surface area contributed by atoms with Crippen molar-refractivity contribution in [1.82, 2.24) is 0 Å². The molecule has 0 N–H and O–H groups in total. The van der Waals surface area contributed by atoms with Crippen LogP contribution in [0.15, 0.2) is 22.7 Å². The van der Waals surface area contributed by atoms with Crippen LogP contribution < -0.4 is 4.90 Å². The Labute approximate surface area is 129 Å². The minimum absolute atomic E-state index is 0.165. The molecular formula is C17H22BrNO. The molecule has 1 unspecified atom stereocenters. The molecule has 1 heterocycles. The standard InChI is InChI=1S/C17H22BrNO/c1-12(20)15-11-14(18)8-9-17(15)19-10-4-7-16(19)13-5-2-3-6-13/h8-9,11,13,16H,2-7,10H2,1H3. The summed E-state index contributed by atoms with van der Waals surface area (Å²) in [4.78, 5) is 14.5. The Morgan fingerprint density at radius 1 is 1.20 bits per heavy atom. The average molecular weight is 336 g/mol. The van der Waals surface area contributed by atoms with Crippen molar-refractivity contribution >= 4 is 27.4 Å². The van der Waals surface area contributed by atoms with Crippen LogP contribution >= 0.6 is 15.9 Å². The average Bonchev–Trinajstić information content (AvgIpc) is 3.09. The number of halogens is 1. The Morgan fingerprint density at radius 2 is 1.95 bits per heavy atom. The molecule has 2 aliphatic rings. The Hall–Kier alpha value is -0.830. The summed E-state index contributed by atoms with van der Waals surface area (Å²) in [5.74, 6) is 0.999. The lowest BCUT2D eigenvalue weighted by molar-refractivity contribution is 0.101. The molecule has 1 atom stereocenters. The van der Waals surface area contributed by atoms with Crippen molar-refractivity contribution in [2.75, 3.05) is 11.4 Å². The van der Waals surface area contributed by atoms with Gasteiger partial charge in [-0.2, -0.15) is 0 Å².